The zero-order chi connectivity index (χ0) is 14.9. The Balaban J connectivity index is 2.18. The molecule has 1 saturated heterocycles. The summed E-state index contributed by atoms with van der Waals surface area (Å²) in [5, 5.41) is 9.82. The third kappa shape index (κ3) is 2.49. The molecule has 0 radical (unpaired) electrons. The zero-order valence-electron chi connectivity index (χ0n) is 11.7. The lowest BCUT2D eigenvalue weighted by molar-refractivity contribution is -0.148. The topological polar surface area (TPSA) is 96.5 Å². The van der Waals surface area contributed by atoms with E-state index in [1.54, 1.807) is 11.8 Å². The number of carbonyl (C=O) groups excluding carboxylic acids is 1. The van der Waals surface area contributed by atoms with Gasteiger partial charge in [-0.15, -0.1) is 0 Å². The number of carboxylic acid groups (broad SMARTS) is 1. The molecule has 1 aliphatic rings. The molecule has 0 spiro atoms. The molecule has 110 valence electrons. The highest BCUT2D eigenvalue weighted by molar-refractivity contribution is 7.17. The number of nitrogen functional groups attached to an aromatic ring is 1. The lowest BCUT2D eigenvalue weighted by Crippen LogP contribution is -2.36. The molecule has 1 atom stereocenters. The maximum absolute atomic E-state index is 12.4. The average Bonchev–Trinajstić information content (AvgIpc) is 2.94. The number of anilines is 1. The van der Waals surface area contributed by atoms with E-state index in [1.807, 2.05) is 6.92 Å². The normalized spacial score (nSPS) is 22.2. The van der Waals surface area contributed by atoms with Gasteiger partial charge in [0.15, 0.2) is 5.13 Å². The van der Waals surface area contributed by atoms with Crippen molar-refractivity contribution in [2.45, 2.75) is 33.1 Å². The number of aromatic nitrogens is 1. The number of thiazole rings is 1. The van der Waals surface area contributed by atoms with Crippen LogP contribution in [-0.4, -0.2) is 40.0 Å². The molecule has 0 saturated carbocycles. The van der Waals surface area contributed by atoms with Gasteiger partial charge in [0.2, 0.25) is 0 Å². The summed E-state index contributed by atoms with van der Waals surface area (Å²) in [4.78, 5) is 30.1. The zero-order valence-corrected chi connectivity index (χ0v) is 12.5. The molecule has 6 nitrogen and oxygen atoms in total. The summed E-state index contributed by atoms with van der Waals surface area (Å²) in [5.74, 6) is -0.967. The van der Waals surface area contributed by atoms with Crippen LogP contribution in [0.1, 0.15) is 41.6 Å². The van der Waals surface area contributed by atoms with Crippen LogP contribution in [0.15, 0.2) is 0 Å². The Labute approximate surface area is 121 Å². The van der Waals surface area contributed by atoms with Crippen LogP contribution in [-0.2, 0) is 4.79 Å². The molecule has 2 rings (SSSR count). The number of hydrogen-bond donors (Lipinski definition) is 2. The number of rotatable bonds is 4. The molecule has 1 aliphatic heterocycles. The Kier molecular flexibility index (Phi) is 3.99. The largest absolute Gasteiger partial charge is 0.481 e. The fourth-order valence-electron chi connectivity index (χ4n) is 2.77. The molecule has 2 heterocycles. The molecule has 0 aromatic carbocycles. The number of aliphatic carboxylic acids is 1. The van der Waals surface area contributed by atoms with Crippen LogP contribution in [0.3, 0.4) is 0 Å². The number of nitrogens with zero attached hydrogens (tertiary/aromatic N) is 2. The minimum Gasteiger partial charge on any atom is -0.481 e. The third-order valence-corrected chi connectivity index (χ3v) is 4.81. The van der Waals surface area contributed by atoms with Crippen molar-refractivity contribution in [1.82, 2.24) is 9.88 Å². The van der Waals surface area contributed by atoms with Crippen LogP contribution >= 0.6 is 11.3 Å². The van der Waals surface area contributed by atoms with Gasteiger partial charge in [-0.3, -0.25) is 9.59 Å². The number of likely N-dealkylation sites (tertiary alicyclic amines) is 1. The van der Waals surface area contributed by atoms with Crippen molar-refractivity contribution in [3.63, 3.8) is 0 Å². The number of nitrogens with two attached hydrogens (primary N) is 1. The lowest BCUT2D eigenvalue weighted by atomic mass is 9.83. The molecular formula is C13H19N3O3S. The monoisotopic (exact) mass is 297 g/mol. The van der Waals surface area contributed by atoms with E-state index >= 15 is 0 Å². The van der Waals surface area contributed by atoms with E-state index in [2.05, 4.69) is 4.98 Å². The van der Waals surface area contributed by atoms with E-state index in [0.717, 1.165) is 17.8 Å². The van der Waals surface area contributed by atoms with Gasteiger partial charge in [-0.25, -0.2) is 4.98 Å². The van der Waals surface area contributed by atoms with Gasteiger partial charge in [0.25, 0.3) is 5.91 Å². The van der Waals surface area contributed by atoms with Gasteiger partial charge < -0.3 is 15.7 Å². The van der Waals surface area contributed by atoms with Gasteiger partial charge in [-0.1, -0.05) is 24.7 Å². The highest BCUT2D eigenvalue weighted by atomic mass is 32.1. The first-order chi connectivity index (χ1) is 9.39. The predicted molar refractivity (Wildman–Crippen MR) is 76.8 cm³/mol. The van der Waals surface area contributed by atoms with Crippen LogP contribution in [0.2, 0.25) is 0 Å². The fraction of sp³-hybridized carbons (Fsp3) is 0.615. The van der Waals surface area contributed by atoms with Gasteiger partial charge in [0.1, 0.15) is 4.88 Å². The molecule has 1 amide bonds. The second-order valence-electron chi connectivity index (χ2n) is 5.28. The van der Waals surface area contributed by atoms with Crippen molar-refractivity contribution in [3.8, 4) is 0 Å². The molecule has 1 aromatic rings. The molecule has 1 fully saturated rings. The van der Waals surface area contributed by atoms with Crippen molar-refractivity contribution in [3.05, 3.63) is 10.6 Å². The van der Waals surface area contributed by atoms with E-state index in [1.165, 1.54) is 0 Å². The van der Waals surface area contributed by atoms with Crippen LogP contribution in [0.25, 0.3) is 0 Å². The smallest absolute Gasteiger partial charge is 0.311 e. The van der Waals surface area contributed by atoms with Crippen molar-refractivity contribution < 1.29 is 14.7 Å². The highest BCUT2D eigenvalue weighted by Crippen LogP contribution is 2.37. The Morgan fingerprint density at radius 3 is 2.75 bits per heavy atom. The standard InChI is InChI=1S/C13H19N3O3S/c1-3-4-13(11(18)19)5-6-16(7-13)10(17)9-8(2)15-12(14)20-9/h3-7H2,1-2H3,(H2,14,15)(H,18,19). The molecule has 7 heteroatoms. The maximum Gasteiger partial charge on any atom is 0.311 e. The van der Waals surface area contributed by atoms with Crippen molar-refractivity contribution >= 4 is 28.3 Å². The van der Waals surface area contributed by atoms with Gasteiger partial charge in [0, 0.05) is 13.1 Å². The van der Waals surface area contributed by atoms with E-state index < -0.39 is 11.4 Å². The number of hydrogen-bond acceptors (Lipinski definition) is 5. The number of aryl methyl sites for hydroxylation is 1. The van der Waals surface area contributed by atoms with Crippen LogP contribution in [0.5, 0.6) is 0 Å². The summed E-state index contributed by atoms with van der Waals surface area (Å²) in [6.07, 6.45) is 1.89. The summed E-state index contributed by atoms with van der Waals surface area (Å²) in [5.41, 5.74) is 5.42. The molecule has 0 aliphatic carbocycles. The Morgan fingerprint density at radius 1 is 1.55 bits per heavy atom. The van der Waals surface area contributed by atoms with E-state index in [9.17, 15) is 14.7 Å². The summed E-state index contributed by atoms with van der Waals surface area (Å²) >= 11 is 1.16. The molecule has 3 N–H and O–H groups in total. The van der Waals surface area contributed by atoms with E-state index in [-0.39, 0.29) is 12.5 Å². The highest BCUT2D eigenvalue weighted by Gasteiger charge is 2.45. The van der Waals surface area contributed by atoms with Crippen molar-refractivity contribution in [2.24, 2.45) is 5.41 Å². The molecule has 1 aromatic heterocycles. The van der Waals surface area contributed by atoms with Gasteiger partial charge in [-0.05, 0) is 19.8 Å². The predicted octanol–water partition coefficient (Wildman–Crippen LogP) is 1.75. The van der Waals surface area contributed by atoms with Crippen molar-refractivity contribution in [1.29, 1.82) is 0 Å². The molecule has 0 bridgehead atoms. The Hall–Kier alpha value is -1.63. The number of amides is 1. The number of carbonyl (C=O) groups is 2. The first-order valence-electron chi connectivity index (χ1n) is 6.65. The minimum absolute atomic E-state index is 0.157. The van der Waals surface area contributed by atoms with E-state index in [4.69, 9.17) is 5.73 Å². The van der Waals surface area contributed by atoms with Gasteiger partial charge in [-0.2, -0.15) is 0 Å². The Morgan fingerprint density at radius 2 is 2.25 bits per heavy atom. The fourth-order valence-corrected chi connectivity index (χ4v) is 3.57. The Bertz CT molecular complexity index is 543. The second kappa shape index (κ2) is 5.40. The van der Waals surface area contributed by atoms with Crippen LogP contribution in [0, 0.1) is 12.3 Å². The summed E-state index contributed by atoms with van der Waals surface area (Å²) in [7, 11) is 0. The lowest BCUT2D eigenvalue weighted by Gasteiger charge is -2.24. The average molecular weight is 297 g/mol. The summed E-state index contributed by atoms with van der Waals surface area (Å²) < 4.78 is 0. The van der Waals surface area contributed by atoms with Gasteiger partial charge in [0.05, 0.1) is 11.1 Å². The minimum atomic E-state index is -0.810. The first kappa shape index (κ1) is 14.8. The van der Waals surface area contributed by atoms with E-state index in [0.29, 0.717) is 35.1 Å². The van der Waals surface area contributed by atoms with Crippen molar-refractivity contribution in [2.75, 3.05) is 18.8 Å². The van der Waals surface area contributed by atoms with Crippen LogP contribution < -0.4 is 5.73 Å². The second-order valence-corrected chi connectivity index (χ2v) is 6.31. The summed E-state index contributed by atoms with van der Waals surface area (Å²) in [6, 6.07) is 0. The van der Waals surface area contributed by atoms with Crippen LogP contribution in [0.4, 0.5) is 5.13 Å². The quantitative estimate of drug-likeness (QED) is 0.882. The molecular weight excluding hydrogens is 278 g/mol. The SMILES string of the molecule is CCCC1(C(=O)O)CCN(C(=O)c2sc(N)nc2C)C1. The maximum atomic E-state index is 12.4. The summed E-state index contributed by atoms with van der Waals surface area (Å²) in [6.45, 7) is 4.45. The third-order valence-electron chi connectivity index (χ3n) is 3.83. The molecule has 1 unspecified atom stereocenters. The molecule has 20 heavy (non-hydrogen) atoms. The first-order valence-corrected chi connectivity index (χ1v) is 7.47. The van der Waals surface area contributed by atoms with Gasteiger partial charge >= 0.3 is 5.97 Å². The number of carboxylic acids is 1.